The molecular weight excluding hydrogens is 228 g/mol. The van der Waals surface area contributed by atoms with E-state index >= 15 is 0 Å². The first-order valence-corrected chi connectivity index (χ1v) is 6.66. The third-order valence-electron chi connectivity index (χ3n) is 2.51. The summed E-state index contributed by atoms with van der Waals surface area (Å²) in [5, 5.41) is 11.4. The molecule has 6 heteroatoms. The van der Waals surface area contributed by atoms with Crippen molar-refractivity contribution < 1.29 is 14.7 Å². The van der Waals surface area contributed by atoms with Gasteiger partial charge in [0.25, 0.3) is 0 Å². The molecule has 0 unspecified atom stereocenters. The van der Waals surface area contributed by atoms with E-state index in [1.54, 1.807) is 11.8 Å². The largest absolute Gasteiger partial charge is 0.480 e. The van der Waals surface area contributed by atoms with Gasteiger partial charge >= 0.3 is 12.0 Å². The van der Waals surface area contributed by atoms with Gasteiger partial charge in [-0.15, -0.1) is 0 Å². The van der Waals surface area contributed by atoms with E-state index in [0.29, 0.717) is 13.0 Å². The van der Waals surface area contributed by atoms with E-state index in [0.717, 1.165) is 24.5 Å². The number of nitrogens with one attached hydrogen (secondary N) is 1. The zero-order chi connectivity index (χ0) is 12.0. The van der Waals surface area contributed by atoms with Crippen LogP contribution in [-0.4, -0.2) is 52.6 Å². The van der Waals surface area contributed by atoms with Crippen molar-refractivity contribution >= 4 is 23.8 Å². The maximum absolute atomic E-state index is 11.8. The minimum absolute atomic E-state index is 0.253. The lowest BCUT2D eigenvalue weighted by Gasteiger charge is -2.22. The van der Waals surface area contributed by atoms with Gasteiger partial charge in [0.15, 0.2) is 0 Å². The predicted molar refractivity (Wildman–Crippen MR) is 63.8 cm³/mol. The smallest absolute Gasteiger partial charge is 0.326 e. The fourth-order valence-electron chi connectivity index (χ4n) is 1.53. The number of carbonyl (C=O) groups is 2. The molecule has 1 aliphatic rings. The molecule has 1 atom stereocenters. The Kier molecular flexibility index (Phi) is 5.45. The lowest BCUT2D eigenvalue weighted by Crippen LogP contribution is -2.48. The summed E-state index contributed by atoms with van der Waals surface area (Å²) >= 11 is 1.83. The van der Waals surface area contributed by atoms with Crippen molar-refractivity contribution in [2.75, 3.05) is 24.6 Å². The summed E-state index contributed by atoms with van der Waals surface area (Å²) in [5.41, 5.74) is 0. The molecule has 0 bridgehead atoms. The number of urea groups is 1. The topological polar surface area (TPSA) is 69.6 Å². The Bertz CT molecular complexity index is 252. The molecule has 0 aliphatic carbocycles. The van der Waals surface area contributed by atoms with Crippen molar-refractivity contribution in [3.8, 4) is 0 Å². The van der Waals surface area contributed by atoms with Gasteiger partial charge in [0.1, 0.15) is 6.04 Å². The van der Waals surface area contributed by atoms with Gasteiger partial charge in [-0.2, -0.15) is 11.8 Å². The molecule has 2 amide bonds. The number of thioether (sulfide) groups is 1. The molecule has 0 spiro atoms. The Balaban J connectivity index is 2.46. The zero-order valence-corrected chi connectivity index (χ0v) is 10.3. The third-order valence-corrected chi connectivity index (χ3v) is 3.56. The minimum Gasteiger partial charge on any atom is -0.480 e. The molecule has 0 aromatic heterocycles. The van der Waals surface area contributed by atoms with Crippen LogP contribution in [0.5, 0.6) is 0 Å². The van der Waals surface area contributed by atoms with Gasteiger partial charge in [-0.1, -0.05) is 6.92 Å². The second-order valence-electron chi connectivity index (χ2n) is 3.70. The molecule has 0 aromatic rings. The van der Waals surface area contributed by atoms with E-state index in [1.165, 1.54) is 0 Å². The molecule has 0 radical (unpaired) electrons. The number of amides is 2. The van der Waals surface area contributed by atoms with Crippen molar-refractivity contribution in [2.24, 2.45) is 0 Å². The van der Waals surface area contributed by atoms with Crippen LogP contribution in [0, 0.1) is 0 Å². The maximum atomic E-state index is 11.8. The lowest BCUT2D eigenvalue weighted by atomic mass is 10.2. The highest BCUT2D eigenvalue weighted by Gasteiger charge is 2.21. The first-order valence-electron chi connectivity index (χ1n) is 5.51. The van der Waals surface area contributed by atoms with Gasteiger partial charge in [0.2, 0.25) is 0 Å². The van der Waals surface area contributed by atoms with Gasteiger partial charge in [-0.25, -0.2) is 9.59 Å². The summed E-state index contributed by atoms with van der Waals surface area (Å²) in [5.74, 6) is 1.03. The summed E-state index contributed by atoms with van der Waals surface area (Å²) in [4.78, 5) is 24.2. The molecule has 1 aliphatic heterocycles. The van der Waals surface area contributed by atoms with E-state index in [2.05, 4.69) is 5.32 Å². The van der Waals surface area contributed by atoms with Crippen LogP contribution < -0.4 is 5.32 Å². The van der Waals surface area contributed by atoms with E-state index < -0.39 is 12.0 Å². The van der Waals surface area contributed by atoms with Crippen molar-refractivity contribution in [2.45, 2.75) is 25.8 Å². The first kappa shape index (κ1) is 13.2. The fraction of sp³-hybridized carbons (Fsp3) is 0.800. The van der Waals surface area contributed by atoms with Crippen LogP contribution >= 0.6 is 11.8 Å². The van der Waals surface area contributed by atoms with Crippen LogP contribution in [0.25, 0.3) is 0 Å². The molecule has 5 nitrogen and oxygen atoms in total. The standard InChI is InChI=1S/C10H18N2O3S/c1-2-8(9(13)14)11-10(15)12-4-3-6-16-7-5-12/h8H,2-7H2,1H3,(H,11,15)(H,13,14)/t8-/m0/s1. The Labute approximate surface area is 99.6 Å². The van der Waals surface area contributed by atoms with Gasteiger partial charge in [-0.3, -0.25) is 0 Å². The average molecular weight is 246 g/mol. The molecule has 16 heavy (non-hydrogen) atoms. The summed E-state index contributed by atoms with van der Waals surface area (Å²) < 4.78 is 0. The SMILES string of the molecule is CC[C@H](NC(=O)N1CCCSCC1)C(=O)O. The first-order chi connectivity index (χ1) is 7.65. The van der Waals surface area contributed by atoms with E-state index in [1.807, 2.05) is 11.8 Å². The number of carboxylic acids is 1. The van der Waals surface area contributed by atoms with E-state index in [-0.39, 0.29) is 6.03 Å². The molecule has 0 aromatic carbocycles. The number of carboxylic acid groups (broad SMARTS) is 1. The maximum Gasteiger partial charge on any atom is 0.326 e. The number of hydrogen-bond acceptors (Lipinski definition) is 3. The number of hydrogen-bond donors (Lipinski definition) is 2. The molecule has 1 heterocycles. The van der Waals surface area contributed by atoms with E-state index in [4.69, 9.17) is 5.11 Å². The highest BCUT2D eigenvalue weighted by molar-refractivity contribution is 7.99. The Morgan fingerprint density at radius 1 is 1.44 bits per heavy atom. The molecule has 92 valence electrons. The molecule has 1 fully saturated rings. The van der Waals surface area contributed by atoms with Crippen LogP contribution in [0.15, 0.2) is 0 Å². The lowest BCUT2D eigenvalue weighted by molar-refractivity contribution is -0.139. The van der Waals surface area contributed by atoms with Crippen LogP contribution in [-0.2, 0) is 4.79 Å². The van der Waals surface area contributed by atoms with Crippen molar-refractivity contribution in [3.05, 3.63) is 0 Å². The van der Waals surface area contributed by atoms with Crippen molar-refractivity contribution in [3.63, 3.8) is 0 Å². The van der Waals surface area contributed by atoms with Gasteiger partial charge < -0.3 is 15.3 Å². The highest BCUT2D eigenvalue weighted by Crippen LogP contribution is 2.10. The Hall–Kier alpha value is -0.910. The summed E-state index contributed by atoms with van der Waals surface area (Å²) in [6, 6.07) is -1.03. The minimum atomic E-state index is -0.972. The molecule has 1 saturated heterocycles. The molecule has 1 rings (SSSR count). The van der Waals surface area contributed by atoms with Crippen molar-refractivity contribution in [1.29, 1.82) is 0 Å². The van der Waals surface area contributed by atoms with Crippen molar-refractivity contribution in [1.82, 2.24) is 10.2 Å². The van der Waals surface area contributed by atoms with Gasteiger partial charge in [0, 0.05) is 18.8 Å². The molecular formula is C10H18N2O3S. The number of aliphatic carboxylic acids is 1. The molecule has 2 N–H and O–H groups in total. The Morgan fingerprint density at radius 3 is 2.81 bits per heavy atom. The Morgan fingerprint density at radius 2 is 2.19 bits per heavy atom. The third kappa shape index (κ3) is 3.92. The highest BCUT2D eigenvalue weighted by atomic mass is 32.2. The van der Waals surface area contributed by atoms with Crippen LogP contribution in [0.4, 0.5) is 4.79 Å². The number of nitrogens with zero attached hydrogens (tertiary/aromatic N) is 1. The second kappa shape index (κ2) is 6.62. The predicted octanol–water partition coefficient (Wildman–Crippen LogP) is 0.998. The van der Waals surface area contributed by atoms with Crippen LogP contribution in [0.1, 0.15) is 19.8 Å². The normalized spacial score (nSPS) is 18.7. The van der Waals surface area contributed by atoms with Gasteiger partial charge in [0.05, 0.1) is 0 Å². The average Bonchev–Trinajstić information content (AvgIpc) is 2.53. The fourth-order valence-corrected chi connectivity index (χ4v) is 2.41. The summed E-state index contributed by atoms with van der Waals surface area (Å²) in [6.07, 6.45) is 1.38. The van der Waals surface area contributed by atoms with Crippen LogP contribution in [0.3, 0.4) is 0 Å². The zero-order valence-electron chi connectivity index (χ0n) is 9.44. The monoisotopic (exact) mass is 246 g/mol. The summed E-state index contributed by atoms with van der Waals surface area (Å²) in [6.45, 7) is 3.17. The van der Waals surface area contributed by atoms with E-state index in [9.17, 15) is 9.59 Å². The van der Waals surface area contributed by atoms with Crippen LogP contribution in [0.2, 0.25) is 0 Å². The second-order valence-corrected chi connectivity index (χ2v) is 4.93. The summed E-state index contributed by atoms with van der Waals surface area (Å²) in [7, 11) is 0. The molecule has 0 saturated carbocycles. The number of carbonyl (C=O) groups excluding carboxylic acids is 1. The number of rotatable bonds is 3. The quantitative estimate of drug-likeness (QED) is 0.779. The van der Waals surface area contributed by atoms with Gasteiger partial charge in [-0.05, 0) is 18.6 Å².